The highest BCUT2D eigenvalue weighted by Crippen LogP contribution is 2.44. The van der Waals surface area contributed by atoms with Crippen LogP contribution in [0, 0.1) is 23.0 Å². The van der Waals surface area contributed by atoms with Gasteiger partial charge in [0.05, 0.1) is 17.2 Å². The summed E-state index contributed by atoms with van der Waals surface area (Å²) in [6, 6.07) is 4.94. The second-order valence-corrected chi connectivity index (χ2v) is 11.5. The fourth-order valence-corrected chi connectivity index (χ4v) is 5.78. The molecule has 9 nitrogen and oxygen atoms in total. The molecular formula is C32H44F2N6O3. The number of aromatic nitrogens is 2. The molecule has 0 spiro atoms. The van der Waals surface area contributed by atoms with Crippen LogP contribution in [0.25, 0.3) is 0 Å². The fourth-order valence-electron chi connectivity index (χ4n) is 5.78. The van der Waals surface area contributed by atoms with Gasteiger partial charge >= 0.3 is 0 Å². The first-order valence-electron chi connectivity index (χ1n) is 14.7. The Kier molecular flexibility index (Phi) is 11.9. The molecule has 4 N–H and O–H groups in total. The Morgan fingerprint density at radius 1 is 1.09 bits per heavy atom. The smallest absolute Gasteiger partial charge is 0.249 e. The number of rotatable bonds is 15. The third kappa shape index (κ3) is 8.67. The number of nitrogens with zero attached hydrogens (tertiary/aromatic N) is 4. The van der Waals surface area contributed by atoms with Crippen LogP contribution in [0.4, 0.5) is 14.6 Å². The molecule has 0 fully saturated rings. The molecule has 0 saturated carbocycles. The molecule has 3 atom stereocenters. The zero-order valence-corrected chi connectivity index (χ0v) is 25.7. The van der Waals surface area contributed by atoms with Crippen molar-refractivity contribution in [3.8, 4) is 0 Å². The second-order valence-electron chi connectivity index (χ2n) is 11.5. The van der Waals surface area contributed by atoms with E-state index in [-0.39, 0.29) is 30.9 Å². The largest absolute Gasteiger partial charge is 0.391 e. The van der Waals surface area contributed by atoms with Crippen molar-refractivity contribution in [1.29, 1.82) is 0 Å². The van der Waals surface area contributed by atoms with E-state index in [1.165, 1.54) is 18.5 Å². The highest BCUT2D eigenvalue weighted by Gasteiger charge is 2.48. The Morgan fingerprint density at radius 2 is 1.74 bits per heavy atom. The summed E-state index contributed by atoms with van der Waals surface area (Å²) in [5.74, 6) is -2.65. The number of allylic oxidation sites excluding steroid dienone is 2. The summed E-state index contributed by atoms with van der Waals surface area (Å²) in [4.78, 5) is 39.1. The lowest BCUT2D eigenvalue weighted by Crippen LogP contribution is -2.51. The van der Waals surface area contributed by atoms with Crippen LogP contribution < -0.4 is 16.0 Å². The van der Waals surface area contributed by atoms with E-state index >= 15 is 0 Å². The van der Waals surface area contributed by atoms with Gasteiger partial charge in [0.2, 0.25) is 11.8 Å². The molecule has 1 aliphatic carbocycles. The summed E-state index contributed by atoms with van der Waals surface area (Å²) in [5.41, 5.74) is 6.62. The summed E-state index contributed by atoms with van der Waals surface area (Å²) in [6.07, 6.45) is 5.15. The fraction of sp³-hybridized carbons (Fsp3) is 0.500. The molecule has 0 radical (unpaired) electrons. The number of benzene rings is 1. The molecule has 1 unspecified atom stereocenters. The number of aliphatic hydroxyl groups excluding tert-OH is 1. The van der Waals surface area contributed by atoms with Gasteiger partial charge in [-0.2, -0.15) is 0 Å². The number of halogens is 2. The lowest BCUT2D eigenvalue weighted by molar-refractivity contribution is -0.132. The lowest BCUT2D eigenvalue weighted by atomic mass is 9.63. The topological polar surface area (TPSA) is 125 Å². The van der Waals surface area contributed by atoms with Gasteiger partial charge in [-0.1, -0.05) is 31.6 Å². The monoisotopic (exact) mass is 598 g/mol. The first-order chi connectivity index (χ1) is 20.4. The molecule has 0 aliphatic heterocycles. The molecule has 1 aliphatic rings. The first kappa shape index (κ1) is 33.8. The zero-order valence-electron chi connectivity index (χ0n) is 25.7. The van der Waals surface area contributed by atoms with Gasteiger partial charge in [-0.25, -0.2) is 18.7 Å². The van der Waals surface area contributed by atoms with Crippen molar-refractivity contribution in [3.05, 3.63) is 76.8 Å². The van der Waals surface area contributed by atoms with Crippen LogP contribution in [-0.4, -0.2) is 71.6 Å². The minimum Gasteiger partial charge on any atom is -0.391 e. The van der Waals surface area contributed by atoms with E-state index in [4.69, 9.17) is 5.73 Å². The van der Waals surface area contributed by atoms with E-state index < -0.39 is 35.0 Å². The maximum Gasteiger partial charge on any atom is 0.249 e. The summed E-state index contributed by atoms with van der Waals surface area (Å²) in [5, 5.41) is 14.8. The van der Waals surface area contributed by atoms with Crippen LogP contribution in [-0.2, 0) is 22.6 Å². The van der Waals surface area contributed by atoms with E-state index in [0.29, 0.717) is 36.5 Å². The first-order valence-corrected chi connectivity index (χ1v) is 14.7. The maximum atomic E-state index is 14.2. The molecule has 1 aromatic carbocycles. The molecule has 1 heterocycles. The summed E-state index contributed by atoms with van der Waals surface area (Å²) in [7, 11) is 3.73. The van der Waals surface area contributed by atoms with Crippen molar-refractivity contribution in [3.63, 3.8) is 0 Å². The second kappa shape index (κ2) is 15.2. The van der Waals surface area contributed by atoms with E-state index in [2.05, 4.69) is 15.3 Å². The number of carbonyl (C=O) groups excluding carboxylic acids is 2. The van der Waals surface area contributed by atoms with Gasteiger partial charge in [-0.15, -0.1) is 0 Å². The highest BCUT2D eigenvalue weighted by molar-refractivity contribution is 5.97. The van der Waals surface area contributed by atoms with Gasteiger partial charge in [-0.05, 0) is 50.3 Å². The predicted octanol–water partition coefficient (Wildman–Crippen LogP) is 3.53. The predicted molar refractivity (Wildman–Crippen MR) is 163 cm³/mol. The molecule has 0 saturated heterocycles. The van der Waals surface area contributed by atoms with E-state index in [9.17, 15) is 23.5 Å². The van der Waals surface area contributed by atoms with Crippen molar-refractivity contribution >= 4 is 17.6 Å². The minimum atomic E-state index is -1.50. The van der Waals surface area contributed by atoms with E-state index in [1.807, 2.05) is 38.9 Å². The van der Waals surface area contributed by atoms with Crippen molar-refractivity contribution < 1.29 is 23.5 Å². The van der Waals surface area contributed by atoms with Gasteiger partial charge in [0.15, 0.2) is 0 Å². The summed E-state index contributed by atoms with van der Waals surface area (Å²) in [6.45, 7) is 7.20. The Morgan fingerprint density at radius 3 is 2.33 bits per heavy atom. The number of amides is 2. The Bertz CT molecular complexity index is 1320. The van der Waals surface area contributed by atoms with Crippen LogP contribution >= 0.6 is 0 Å². The molecule has 234 valence electrons. The van der Waals surface area contributed by atoms with Crippen LogP contribution in [0.1, 0.15) is 51.3 Å². The van der Waals surface area contributed by atoms with Crippen LogP contribution in [0.5, 0.6) is 0 Å². The molecule has 2 amide bonds. The lowest BCUT2D eigenvalue weighted by Gasteiger charge is -2.42. The zero-order chi connectivity index (χ0) is 31.7. The molecule has 43 heavy (non-hydrogen) atoms. The van der Waals surface area contributed by atoms with Gasteiger partial charge in [0.25, 0.3) is 0 Å². The number of nitrogens with one attached hydrogen (secondary N) is 1. The molecule has 11 heteroatoms. The quantitative estimate of drug-likeness (QED) is 0.287. The highest BCUT2D eigenvalue weighted by atomic mass is 19.1. The standard InChI is InChI=1S/C32H44F2N6O3/c1-6-8-40(9-7-2)30(42)23-10-21(3)16-32(17-23,31(35)43)27(13-22-11-24(33)14-25(34)12-22)28(41)19-36-18-26-15-29(39(4)5)38-20-37-26/h10-12,14-16,20,27-28,36,41H,6-9,13,17-19H2,1-5H3,(H2,35,43)/t27-,28+,32?/m1/s1. The Hall–Kier alpha value is -3.70. The average Bonchev–Trinajstić information content (AvgIpc) is 2.94. The number of anilines is 1. The molecule has 3 rings (SSSR count). The van der Waals surface area contributed by atoms with Crippen LogP contribution in [0.3, 0.4) is 0 Å². The van der Waals surface area contributed by atoms with Gasteiger partial charge in [0.1, 0.15) is 23.8 Å². The van der Waals surface area contributed by atoms with Crippen molar-refractivity contribution in [1.82, 2.24) is 20.2 Å². The molecular weight excluding hydrogens is 554 g/mol. The normalized spacial score (nSPS) is 18.0. The number of primary amides is 1. The van der Waals surface area contributed by atoms with Crippen molar-refractivity contribution in [2.45, 2.75) is 59.1 Å². The van der Waals surface area contributed by atoms with Crippen molar-refractivity contribution in [2.75, 3.05) is 38.6 Å². The number of nitrogens with two attached hydrogens (primary N) is 1. The van der Waals surface area contributed by atoms with Gasteiger partial charge in [-0.3, -0.25) is 9.59 Å². The SMILES string of the molecule is CCCN(CCC)C(=O)C1=CC(C)=CC(C(N)=O)([C@H](Cc2cc(F)cc(F)c2)[C@@H](O)CNCc2cc(N(C)C)ncn2)C1. The summed E-state index contributed by atoms with van der Waals surface area (Å²) < 4.78 is 28.5. The van der Waals surface area contributed by atoms with Crippen LogP contribution in [0.15, 0.2) is 53.9 Å². The van der Waals surface area contributed by atoms with E-state index in [1.54, 1.807) is 24.0 Å². The summed E-state index contributed by atoms with van der Waals surface area (Å²) >= 11 is 0. The minimum absolute atomic E-state index is 0.0243. The molecule has 1 aromatic heterocycles. The Labute approximate surface area is 252 Å². The number of hydrogen-bond donors (Lipinski definition) is 3. The molecule has 0 bridgehead atoms. The average molecular weight is 599 g/mol. The van der Waals surface area contributed by atoms with Gasteiger partial charge in [0, 0.05) is 63.9 Å². The Balaban J connectivity index is 1.97. The maximum absolute atomic E-state index is 14.2. The molecule has 2 aromatic rings. The number of aliphatic hydroxyl groups is 1. The van der Waals surface area contributed by atoms with E-state index in [0.717, 1.165) is 24.7 Å². The third-order valence-corrected chi connectivity index (χ3v) is 7.71. The number of hydrogen-bond acceptors (Lipinski definition) is 7. The number of carbonyl (C=O) groups is 2. The third-order valence-electron chi connectivity index (χ3n) is 7.71. The van der Waals surface area contributed by atoms with Crippen molar-refractivity contribution in [2.24, 2.45) is 17.1 Å². The van der Waals surface area contributed by atoms with Gasteiger partial charge < -0.3 is 26.0 Å². The van der Waals surface area contributed by atoms with Crippen LogP contribution in [0.2, 0.25) is 0 Å².